The zero-order valence-corrected chi connectivity index (χ0v) is 12.2. The molecule has 2 rings (SSSR count). The van der Waals surface area contributed by atoms with Gasteiger partial charge in [-0.25, -0.2) is 4.39 Å². The molecule has 2 aromatic rings. The van der Waals surface area contributed by atoms with Gasteiger partial charge < -0.3 is 10.1 Å². The van der Waals surface area contributed by atoms with E-state index in [1.54, 1.807) is 13.0 Å². The van der Waals surface area contributed by atoms with Crippen molar-refractivity contribution >= 4 is 5.69 Å². The first-order valence-corrected chi connectivity index (χ1v) is 6.82. The number of hydrogen-bond acceptors (Lipinski definition) is 2. The number of aryl methyl sites for hydroxylation is 2. The van der Waals surface area contributed by atoms with Crippen LogP contribution in [-0.2, 0) is 6.54 Å². The second-order valence-electron chi connectivity index (χ2n) is 4.85. The number of nitrogens with one attached hydrogen (secondary N) is 1. The van der Waals surface area contributed by atoms with Crippen LogP contribution in [-0.4, -0.2) is 6.61 Å². The molecule has 0 aliphatic carbocycles. The molecule has 0 aliphatic heterocycles. The monoisotopic (exact) mass is 273 g/mol. The third kappa shape index (κ3) is 3.50. The van der Waals surface area contributed by atoms with Crippen molar-refractivity contribution in [2.24, 2.45) is 0 Å². The van der Waals surface area contributed by atoms with E-state index in [1.807, 2.05) is 38.1 Å². The average Bonchev–Trinajstić information content (AvgIpc) is 2.42. The highest BCUT2D eigenvalue weighted by atomic mass is 19.1. The van der Waals surface area contributed by atoms with Gasteiger partial charge in [0, 0.05) is 12.2 Å². The number of hydrogen-bond donors (Lipinski definition) is 1. The molecule has 0 unspecified atom stereocenters. The number of rotatable bonds is 5. The highest BCUT2D eigenvalue weighted by molar-refractivity contribution is 5.53. The molecule has 0 atom stereocenters. The van der Waals surface area contributed by atoms with Gasteiger partial charge in [0.2, 0.25) is 0 Å². The van der Waals surface area contributed by atoms with Gasteiger partial charge in [0.25, 0.3) is 0 Å². The molecule has 106 valence electrons. The first-order chi connectivity index (χ1) is 9.60. The maximum absolute atomic E-state index is 13.2. The van der Waals surface area contributed by atoms with Crippen molar-refractivity contribution in [3.63, 3.8) is 0 Å². The Bertz CT molecular complexity index is 596. The van der Waals surface area contributed by atoms with Crippen LogP contribution in [0.2, 0.25) is 0 Å². The van der Waals surface area contributed by atoms with Crippen LogP contribution >= 0.6 is 0 Å². The molecule has 0 bridgehead atoms. The summed E-state index contributed by atoms with van der Waals surface area (Å²) in [6, 6.07) is 11.2. The smallest absolute Gasteiger partial charge is 0.126 e. The summed E-state index contributed by atoms with van der Waals surface area (Å²) in [5, 5.41) is 3.37. The van der Waals surface area contributed by atoms with Crippen molar-refractivity contribution < 1.29 is 9.13 Å². The van der Waals surface area contributed by atoms with Gasteiger partial charge in [-0.05, 0) is 61.7 Å². The minimum Gasteiger partial charge on any atom is -0.494 e. The van der Waals surface area contributed by atoms with Gasteiger partial charge in [-0.1, -0.05) is 12.1 Å². The van der Waals surface area contributed by atoms with E-state index < -0.39 is 0 Å². The van der Waals surface area contributed by atoms with E-state index in [4.69, 9.17) is 4.74 Å². The van der Waals surface area contributed by atoms with Gasteiger partial charge in [0.05, 0.1) is 6.61 Å². The van der Waals surface area contributed by atoms with E-state index in [0.29, 0.717) is 18.7 Å². The Kier molecular flexibility index (Phi) is 4.61. The number of benzene rings is 2. The molecule has 0 spiro atoms. The molecule has 0 saturated heterocycles. The third-order valence-corrected chi connectivity index (χ3v) is 3.21. The predicted molar refractivity (Wildman–Crippen MR) is 80.8 cm³/mol. The van der Waals surface area contributed by atoms with Crippen LogP contribution < -0.4 is 10.1 Å². The van der Waals surface area contributed by atoms with Crippen LogP contribution in [0.15, 0.2) is 36.4 Å². The fraction of sp³-hybridized carbons (Fsp3) is 0.294. The predicted octanol–water partition coefficient (Wildman–Crippen LogP) is 4.45. The first-order valence-electron chi connectivity index (χ1n) is 6.82. The summed E-state index contributed by atoms with van der Waals surface area (Å²) in [6.45, 7) is 7.14. The molecular weight excluding hydrogens is 253 g/mol. The first kappa shape index (κ1) is 14.4. The van der Waals surface area contributed by atoms with E-state index in [0.717, 1.165) is 22.6 Å². The standard InChI is InChI=1S/C17H20FNO/c1-4-20-15-6-8-17(13(3)10-15)19-11-14-5-7-16(18)12(2)9-14/h5-10,19H,4,11H2,1-3H3. The summed E-state index contributed by atoms with van der Waals surface area (Å²) in [7, 11) is 0. The Morgan fingerprint density at radius 3 is 2.50 bits per heavy atom. The van der Waals surface area contributed by atoms with Gasteiger partial charge in [-0.2, -0.15) is 0 Å². The lowest BCUT2D eigenvalue weighted by molar-refractivity contribution is 0.340. The van der Waals surface area contributed by atoms with Crippen molar-refractivity contribution in [2.75, 3.05) is 11.9 Å². The van der Waals surface area contributed by atoms with Crippen molar-refractivity contribution in [2.45, 2.75) is 27.3 Å². The van der Waals surface area contributed by atoms with E-state index in [-0.39, 0.29) is 5.82 Å². The van der Waals surface area contributed by atoms with Crippen LogP contribution in [0.1, 0.15) is 23.6 Å². The number of ether oxygens (including phenoxy) is 1. The maximum atomic E-state index is 13.2. The molecule has 3 heteroatoms. The van der Waals surface area contributed by atoms with Crippen molar-refractivity contribution in [3.8, 4) is 5.75 Å². The van der Waals surface area contributed by atoms with E-state index in [1.165, 1.54) is 6.07 Å². The van der Waals surface area contributed by atoms with Crippen molar-refractivity contribution in [1.29, 1.82) is 0 Å². The van der Waals surface area contributed by atoms with Gasteiger partial charge in [-0.3, -0.25) is 0 Å². The van der Waals surface area contributed by atoms with Crippen LogP contribution in [0, 0.1) is 19.7 Å². The van der Waals surface area contributed by atoms with Crippen LogP contribution in [0.3, 0.4) is 0 Å². The molecule has 2 aromatic carbocycles. The lowest BCUT2D eigenvalue weighted by Crippen LogP contribution is -2.02. The molecule has 2 nitrogen and oxygen atoms in total. The summed E-state index contributed by atoms with van der Waals surface area (Å²) >= 11 is 0. The van der Waals surface area contributed by atoms with Crippen LogP contribution in [0.25, 0.3) is 0 Å². The Morgan fingerprint density at radius 2 is 1.85 bits per heavy atom. The largest absolute Gasteiger partial charge is 0.494 e. The number of anilines is 1. The summed E-state index contributed by atoms with van der Waals surface area (Å²) in [4.78, 5) is 0. The number of halogens is 1. The summed E-state index contributed by atoms with van der Waals surface area (Å²) in [5.41, 5.74) is 3.94. The molecule has 0 heterocycles. The van der Waals surface area contributed by atoms with Gasteiger partial charge >= 0.3 is 0 Å². The maximum Gasteiger partial charge on any atom is 0.126 e. The zero-order chi connectivity index (χ0) is 14.5. The molecule has 0 aliphatic rings. The Labute approximate surface area is 119 Å². The molecule has 0 aromatic heterocycles. The topological polar surface area (TPSA) is 21.3 Å². The third-order valence-electron chi connectivity index (χ3n) is 3.21. The van der Waals surface area contributed by atoms with E-state index in [2.05, 4.69) is 5.32 Å². The van der Waals surface area contributed by atoms with Gasteiger partial charge in [0.15, 0.2) is 0 Å². The van der Waals surface area contributed by atoms with Crippen molar-refractivity contribution in [1.82, 2.24) is 0 Å². The van der Waals surface area contributed by atoms with Gasteiger partial charge in [-0.15, -0.1) is 0 Å². The highest BCUT2D eigenvalue weighted by Gasteiger charge is 2.02. The summed E-state index contributed by atoms with van der Waals surface area (Å²) < 4.78 is 18.7. The van der Waals surface area contributed by atoms with Crippen LogP contribution in [0.5, 0.6) is 5.75 Å². The fourth-order valence-electron chi connectivity index (χ4n) is 2.10. The lowest BCUT2D eigenvalue weighted by Gasteiger charge is -2.12. The Balaban J connectivity index is 2.05. The molecule has 0 saturated carbocycles. The Hall–Kier alpha value is -2.03. The molecule has 0 fully saturated rings. The normalized spacial score (nSPS) is 10.4. The second-order valence-corrected chi connectivity index (χ2v) is 4.85. The quantitative estimate of drug-likeness (QED) is 0.868. The SMILES string of the molecule is CCOc1ccc(NCc2ccc(F)c(C)c2)c(C)c1. The van der Waals surface area contributed by atoms with E-state index in [9.17, 15) is 4.39 Å². The molecule has 0 amide bonds. The fourth-order valence-corrected chi connectivity index (χ4v) is 2.10. The van der Waals surface area contributed by atoms with Crippen molar-refractivity contribution in [3.05, 3.63) is 58.9 Å². The average molecular weight is 273 g/mol. The minimum absolute atomic E-state index is 0.161. The summed E-state index contributed by atoms with van der Waals surface area (Å²) in [6.07, 6.45) is 0. The minimum atomic E-state index is -0.161. The summed E-state index contributed by atoms with van der Waals surface area (Å²) in [5.74, 6) is 0.721. The van der Waals surface area contributed by atoms with E-state index >= 15 is 0 Å². The zero-order valence-electron chi connectivity index (χ0n) is 12.2. The lowest BCUT2D eigenvalue weighted by atomic mass is 10.1. The molecule has 0 radical (unpaired) electrons. The second kappa shape index (κ2) is 6.42. The highest BCUT2D eigenvalue weighted by Crippen LogP contribution is 2.22. The molecular formula is C17H20FNO. The molecule has 20 heavy (non-hydrogen) atoms. The Morgan fingerprint density at radius 1 is 1.05 bits per heavy atom. The molecule has 1 N–H and O–H groups in total. The van der Waals surface area contributed by atoms with Gasteiger partial charge in [0.1, 0.15) is 11.6 Å². The van der Waals surface area contributed by atoms with Crippen LogP contribution in [0.4, 0.5) is 10.1 Å².